The van der Waals surface area contributed by atoms with Gasteiger partial charge in [-0.3, -0.25) is 0 Å². The van der Waals surface area contributed by atoms with Gasteiger partial charge in [0.25, 0.3) is 0 Å². The van der Waals surface area contributed by atoms with E-state index in [1.54, 1.807) is 0 Å². The number of aliphatic hydroxyl groups excluding tert-OH is 2. The third kappa shape index (κ3) is 3.60. The van der Waals surface area contributed by atoms with Gasteiger partial charge in [-0.05, 0) is 0 Å². The Hall–Kier alpha value is -2.25. The van der Waals surface area contributed by atoms with E-state index in [1.807, 2.05) is 30.3 Å². The van der Waals surface area contributed by atoms with E-state index in [-0.39, 0.29) is 25.0 Å². The number of hydrogen-bond acceptors (Lipinski definition) is 7. The van der Waals surface area contributed by atoms with Gasteiger partial charge in [-0.15, -0.1) is 0 Å². The van der Waals surface area contributed by atoms with Gasteiger partial charge in [-0.2, -0.15) is 15.0 Å². The van der Waals surface area contributed by atoms with Crippen LogP contribution in [0.1, 0.15) is 0 Å². The maximum atomic E-state index is 9.26. The quantitative estimate of drug-likeness (QED) is 0.593. The fourth-order valence-electron chi connectivity index (χ4n) is 1.46. The van der Waals surface area contributed by atoms with Crippen LogP contribution in [0.4, 0.5) is 11.9 Å². The minimum Gasteiger partial charge on any atom is -0.394 e. The molecule has 1 unspecified atom stereocenters. The van der Waals surface area contributed by atoms with E-state index in [1.165, 1.54) is 0 Å². The highest BCUT2D eigenvalue weighted by atomic mass is 16.3. The number of nitrogens with one attached hydrogen (secondary N) is 1. The summed E-state index contributed by atoms with van der Waals surface area (Å²) in [5.41, 5.74) is 6.44. The average molecular weight is 261 g/mol. The van der Waals surface area contributed by atoms with E-state index < -0.39 is 6.10 Å². The van der Waals surface area contributed by atoms with Gasteiger partial charge in [0.2, 0.25) is 11.9 Å². The highest BCUT2D eigenvalue weighted by molar-refractivity contribution is 5.57. The van der Waals surface area contributed by atoms with Crippen LogP contribution in [0.25, 0.3) is 11.4 Å². The Bertz CT molecular complexity index is 535. The van der Waals surface area contributed by atoms with E-state index in [2.05, 4.69) is 20.3 Å². The zero-order valence-electron chi connectivity index (χ0n) is 10.2. The van der Waals surface area contributed by atoms with Crippen LogP contribution in [0, 0.1) is 0 Å². The minimum absolute atomic E-state index is 0.0924. The van der Waals surface area contributed by atoms with E-state index in [4.69, 9.17) is 10.8 Å². The lowest BCUT2D eigenvalue weighted by Gasteiger charge is -2.10. The largest absolute Gasteiger partial charge is 0.394 e. The first kappa shape index (κ1) is 13.2. The number of hydrogen-bond donors (Lipinski definition) is 4. The SMILES string of the molecule is Nc1nc(NCC(O)CO)nc(-c2ccccc2)n1. The third-order valence-corrected chi connectivity index (χ3v) is 2.39. The Labute approximate surface area is 110 Å². The smallest absolute Gasteiger partial charge is 0.228 e. The van der Waals surface area contributed by atoms with Crippen molar-refractivity contribution in [2.45, 2.75) is 6.10 Å². The van der Waals surface area contributed by atoms with Crippen molar-refractivity contribution in [3.8, 4) is 11.4 Å². The molecule has 0 aliphatic carbocycles. The van der Waals surface area contributed by atoms with E-state index in [9.17, 15) is 5.11 Å². The van der Waals surface area contributed by atoms with Crippen LogP contribution in [0.3, 0.4) is 0 Å². The number of nitrogens with zero attached hydrogens (tertiary/aromatic N) is 3. The molecule has 2 rings (SSSR count). The lowest BCUT2D eigenvalue weighted by molar-refractivity contribution is 0.105. The van der Waals surface area contributed by atoms with Gasteiger partial charge in [0.05, 0.1) is 12.7 Å². The van der Waals surface area contributed by atoms with Crippen LogP contribution >= 0.6 is 0 Å². The lowest BCUT2D eigenvalue weighted by Crippen LogP contribution is -2.24. The summed E-state index contributed by atoms with van der Waals surface area (Å²) in [4.78, 5) is 12.2. The summed E-state index contributed by atoms with van der Waals surface area (Å²) < 4.78 is 0. The summed E-state index contributed by atoms with van der Waals surface area (Å²) in [5, 5.41) is 20.8. The van der Waals surface area contributed by atoms with Crippen molar-refractivity contribution in [3.63, 3.8) is 0 Å². The second-order valence-corrected chi connectivity index (χ2v) is 3.92. The average Bonchev–Trinajstić information content (AvgIpc) is 2.45. The van der Waals surface area contributed by atoms with Crippen molar-refractivity contribution >= 4 is 11.9 Å². The van der Waals surface area contributed by atoms with Gasteiger partial charge in [-0.1, -0.05) is 30.3 Å². The van der Waals surface area contributed by atoms with Crippen LogP contribution in [-0.2, 0) is 0 Å². The number of aliphatic hydroxyl groups is 2. The molecule has 0 radical (unpaired) electrons. The van der Waals surface area contributed by atoms with Gasteiger partial charge in [-0.25, -0.2) is 0 Å². The molecule has 5 N–H and O–H groups in total. The van der Waals surface area contributed by atoms with Crippen molar-refractivity contribution in [2.24, 2.45) is 0 Å². The molecule has 0 saturated carbocycles. The number of nitrogens with two attached hydrogens (primary N) is 1. The fraction of sp³-hybridized carbons (Fsp3) is 0.250. The Morgan fingerprint density at radius 2 is 1.89 bits per heavy atom. The number of rotatable bonds is 5. The van der Waals surface area contributed by atoms with Crippen LogP contribution < -0.4 is 11.1 Å². The number of anilines is 2. The fourth-order valence-corrected chi connectivity index (χ4v) is 1.46. The van der Waals surface area contributed by atoms with Crippen LogP contribution in [0.15, 0.2) is 30.3 Å². The molecule has 0 fully saturated rings. The normalized spacial score (nSPS) is 12.1. The number of aromatic nitrogens is 3. The summed E-state index contributed by atoms with van der Waals surface area (Å²) in [7, 11) is 0. The Balaban J connectivity index is 2.20. The van der Waals surface area contributed by atoms with E-state index in [0.717, 1.165) is 5.56 Å². The van der Waals surface area contributed by atoms with Gasteiger partial charge < -0.3 is 21.3 Å². The topological polar surface area (TPSA) is 117 Å². The first-order valence-electron chi connectivity index (χ1n) is 5.79. The highest BCUT2D eigenvalue weighted by Gasteiger charge is 2.08. The highest BCUT2D eigenvalue weighted by Crippen LogP contribution is 2.16. The minimum atomic E-state index is -0.877. The first-order valence-corrected chi connectivity index (χ1v) is 5.79. The summed E-state index contributed by atoms with van der Waals surface area (Å²) in [6, 6.07) is 9.36. The summed E-state index contributed by atoms with van der Waals surface area (Å²) >= 11 is 0. The number of benzene rings is 1. The molecule has 2 aromatic rings. The monoisotopic (exact) mass is 261 g/mol. The van der Waals surface area contributed by atoms with Crippen LogP contribution in [0.2, 0.25) is 0 Å². The molecule has 100 valence electrons. The summed E-state index contributed by atoms with van der Waals surface area (Å²) in [6.45, 7) is -0.201. The summed E-state index contributed by atoms with van der Waals surface area (Å²) in [6.07, 6.45) is -0.877. The molecule has 0 bridgehead atoms. The second kappa shape index (κ2) is 6.07. The summed E-state index contributed by atoms with van der Waals surface area (Å²) in [5.74, 6) is 0.808. The Kier molecular flexibility index (Phi) is 4.22. The van der Waals surface area contributed by atoms with Crippen molar-refractivity contribution in [3.05, 3.63) is 30.3 Å². The third-order valence-electron chi connectivity index (χ3n) is 2.39. The zero-order valence-corrected chi connectivity index (χ0v) is 10.2. The molecule has 19 heavy (non-hydrogen) atoms. The molecule has 0 spiro atoms. The lowest BCUT2D eigenvalue weighted by atomic mass is 10.2. The molecule has 1 atom stereocenters. The maximum absolute atomic E-state index is 9.26. The van der Waals surface area contributed by atoms with Gasteiger partial charge in [0.15, 0.2) is 5.82 Å². The molecule has 1 aromatic heterocycles. The molecular formula is C12H15N5O2. The molecule has 7 nitrogen and oxygen atoms in total. The van der Waals surface area contributed by atoms with Crippen molar-refractivity contribution < 1.29 is 10.2 Å². The van der Waals surface area contributed by atoms with E-state index >= 15 is 0 Å². The molecular weight excluding hydrogens is 246 g/mol. The number of nitrogen functional groups attached to an aromatic ring is 1. The van der Waals surface area contributed by atoms with Gasteiger partial charge in [0.1, 0.15) is 0 Å². The predicted octanol–water partition coefficient (Wildman–Crippen LogP) is -0.114. The first-order chi connectivity index (χ1) is 9.19. The standard InChI is InChI=1S/C12H15N5O2/c13-11-15-10(8-4-2-1-3-5-8)16-12(17-11)14-6-9(19)7-18/h1-5,9,18-19H,6-7H2,(H3,13,14,15,16,17). The molecule has 1 heterocycles. The zero-order chi connectivity index (χ0) is 13.7. The Morgan fingerprint density at radius 3 is 2.58 bits per heavy atom. The van der Waals surface area contributed by atoms with Crippen LogP contribution in [-0.4, -0.2) is 44.4 Å². The van der Waals surface area contributed by atoms with Crippen molar-refractivity contribution in [1.82, 2.24) is 15.0 Å². The molecule has 1 aromatic carbocycles. The molecule has 0 aliphatic rings. The maximum Gasteiger partial charge on any atom is 0.228 e. The van der Waals surface area contributed by atoms with Gasteiger partial charge in [0, 0.05) is 12.1 Å². The molecule has 0 amide bonds. The van der Waals surface area contributed by atoms with Crippen molar-refractivity contribution in [1.29, 1.82) is 0 Å². The predicted molar refractivity (Wildman–Crippen MR) is 71.3 cm³/mol. The second-order valence-electron chi connectivity index (χ2n) is 3.92. The Morgan fingerprint density at radius 1 is 1.16 bits per heavy atom. The van der Waals surface area contributed by atoms with Crippen molar-refractivity contribution in [2.75, 3.05) is 24.2 Å². The van der Waals surface area contributed by atoms with Gasteiger partial charge >= 0.3 is 0 Å². The van der Waals surface area contributed by atoms with Crippen LogP contribution in [0.5, 0.6) is 0 Å². The molecule has 0 aliphatic heterocycles. The molecule has 7 heteroatoms. The van der Waals surface area contributed by atoms with E-state index in [0.29, 0.717) is 5.82 Å². The molecule has 0 saturated heterocycles.